The van der Waals surface area contributed by atoms with E-state index < -0.39 is 24.2 Å². The fraction of sp³-hybridized carbons (Fsp3) is 0.462. The number of nitrogens with zero attached hydrogens (tertiary/aromatic N) is 1. The molecule has 2 rings (SSSR count). The molecule has 1 aromatic heterocycles. The Morgan fingerprint density at radius 3 is 2.30 bits per heavy atom. The van der Waals surface area contributed by atoms with Crippen molar-refractivity contribution in [2.24, 2.45) is 5.73 Å². The van der Waals surface area contributed by atoms with Gasteiger partial charge in [-0.3, -0.25) is 14.6 Å². The van der Waals surface area contributed by atoms with Crippen LogP contribution in [-0.4, -0.2) is 35.5 Å². The van der Waals surface area contributed by atoms with E-state index in [1.807, 2.05) is 27.7 Å². The van der Waals surface area contributed by atoms with E-state index in [2.05, 4.69) is 4.98 Å². The molecule has 106 valence electrons. The highest BCUT2D eigenvalue weighted by Crippen LogP contribution is 2.36. The monoisotopic (exact) mass is 276 g/mol. The molecular weight excluding hydrogens is 259 g/mol. The van der Waals surface area contributed by atoms with Crippen LogP contribution < -0.4 is 11.3 Å². The van der Waals surface area contributed by atoms with Gasteiger partial charge in [-0.25, -0.2) is 0 Å². The van der Waals surface area contributed by atoms with Crippen LogP contribution in [0.25, 0.3) is 0 Å². The Morgan fingerprint density at radius 2 is 1.85 bits per heavy atom. The van der Waals surface area contributed by atoms with E-state index in [9.17, 15) is 9.59 Å². The minimum Gasteiger partial charge on any atom is -0.398 e. The molecule has 1 aliphatic rings. The topological polar surface area (TPSA) is 91.5 Å². The third-order valence-corrected chi connectivity index (χ3v) is 3.82. The molecule has 0 aliphatic carbocycles. The van der Waals surface area contributed by atoms with Crippen LogP contribution in [0.3, 0.4) is 0 Å². The first-order valence-corrected chi connectivity index (χ1v) is 6.28. The van der Waals surface area contributed by atoms with Crippen molar-refractivity contribution in [1.29, 1.82) is 0 Å². The first-order chi connectivity index (χ1) is 9.18. The van der Waals surface area contributed by atoms with Crippen LogP contribution in [-0.2, 0) is 9.31 Å². The molecule has 0 spiro atoms. The quantitative estimate of drug-likeness (QED) is 0.633. The van der Waals surface area contributed by atoms with Crippen molar-refractivity contribution in [1.82, 2.24) is 4.98 Å². The van der Waals surface area contributed by atoms with E-state index in [0.29, 0.717) is 11.9 Å². The molecule has 6 nitrogen and oxygen atoms in total. The second-order valence-corrected chi connectivity index (χ2v) is 5.77. The van der Waals surface area contributed by atoms with E-state index in [0.717, 1.165) is 0 Å². The van der Waals surface area contributed by atoms with Gasteiger partial charge >= 0.3 is 7.12 Å². The van der Waals surface area contributed by atoms with E-state index in [1.165, 1.54) is 12.3 Å². The van der Waals surface area contributed by atoms with E-state index >= 15 is 0 Å². The molecule has 0 atom stereocenters. The van der Waals surface area contributed by atoms with Crippen molar-refractivity contribution in [2.75, 3.05) is 0 Å². The number of hydrogen-bond acceptors (Lipinski definition) is 5. The van der Waals surface area contributed by atoms with Crippen molar-refractivity contribution in [3.63, 3.8) is 0 Å². The number of pyridine rings is 1. The normalized spacial score (nSPS) is 19.9. The molecule has 1 aliphatic heterocycles. The van der Waals surface area contributed by atoms with Crippen molar-refractivity contribution in [3.05, 3.63) is 23.4 Å². The maximum absolute atomic E-state index is 11.5. The fourth-order valence-corrected chi connectivity index (χ4v) is 1.90. The maximum Gasteiger partial charge on any atom is 0.515 e. The molecule has 1 saturated heterocycles. The Hall–Kier alpha value is -1.73. The Labute approximate surface area is 117 Å². The van der Waals surface area contributed by atoms with Crippen molar-refractivity contribution in [3.8, 4) is 0 Å². The first-order valence-electron chi connectivity index (χ1n) is 6.28. The van der Waals surface area contributed by atoms with Gasteiger partial charge in [0.15, 0.2) is 6.29 Å². The summed E-state index contributed by atoms with van der Waals surface area (Å²) in [5.41, 5.74) is 4.95. The van der Waals surface area contributed by atoms with E-state index in [4.69, 9.17) is 15.0 Å². The predicted octanol–water partition coefficient (Wildman–Crippen LogP) is 0.292. The van der Waals surface area contributed by atoms with Crippen LogP contribution in [0.2, 0.25) is 0 Å². The van der Waals surface area contributed by atoms with Gasteiger partial charge in [-0.15, -0.1) is 0 Å². The summed E-state index contributed by atoms with van der Waals surface area (Å²) < 4.78 is 11.7. The average molecular weight is 276 g/mol. The lowest BCUT2D eigenvalue weighted by molar-refractivity contribution is 0.00578. The lowest BCUT2D eigenvalue weighted by Crippen LogP contribution is -2.41. The number of amides is 1. The SMILES string of the molecule is CC1(C)OB(c2ncc(C=O)cc2C(N)=O)OC1(C)C. The number of hydrogen-bond donors (Lipinski definition) is 1. The van der Waals surface area contributed by atoms with Gasteiger partial charge in [0.2, 0.25) is 5.91 Å². The molecule has 20 heavy (non-hydrogen) atoms. The summed E-state index contributed by atoms with van der Waals surface area (Å²) in [5.74, 6) is -0.675. The van der Waals surface area contributed by atoms with Crippen LogP contribution in [0.5, 0.6) is 0 Å². The molecule has 1 amide bonds. The smallest absolute Gasteiger partial charge is 0.398 e. The van der Waals surface area contributed by atoms with Crippen molar-refractivity contribution < 1.29 is 18.9 Å². The van der Waals surface area contributed by atoms with E-state index in [-0.39, 0.29) is 11.1 Å². The van der Waals surface area contributed by atoms with Crippen molar-refractivity contribution in [2.45, 2.75) is 38.9 Å². The van der Waals surface area contributed by atoms with Crippen LogP contribution in [0.1, 0.15) is 48.4 Å². The molecule has 7 heteroatoms. The minimum atomic E-state index is -0.789. The third kappa shape index (κ3) is 2.34. The van der Waals surface area contributed by atoms with Crippen LogP contribution in [0.4, 0.5) is 0 Å². The Bertz CT molecular complexity index is 555. The summed E-state index contributed by atoms with van der Waals surface area (Å²) in [5, 5.41) is 0. The standard InChI is InChI=1S/C13H17BN2O4/c1-12(2)13(3,4)20-14(19-12)10-9(11(15)18)5-8(7-17)6-16-10/h5-7H,1-4H3,(H2,15,18). The molecule has 1 fully saturated rings. The lowest BCUT2D eigenvalue weighted by atomic mass is 9.80. The molecule has 1 aromatic rings. The van der Waals surface area contributed by atoms with Gasteiger partial charge < -0.3 is 15.0 Å². The molecule has 2 heterocycles. The third-order valence-electron chi connectivity index (χ3n) is 3.82. The number of aromatic nitrogens is 1. The number of carbonyl (C=O) groups is 2. The molecule has 0 unspecified atom stereocenters. The molecule has 2 N–H and O–H groups in total. The second kappa shape index (κ2) is 4.68. The highest BCUT2D eigenvalue weighted by Gasteiger charge is 2.53. The fourth-order valence-electron chi connectivity index (χ4n) is 1.90. The van der Waals surface area contributed by atoms with Gasteiger partial charge in [0.1, 0.15) is 0 Å². The van der Waals surface area contributed by atoms with Crippen LogP contribution >= 0.6 is 0 Å². The van der Waals surface area contributed by atoms with Crippen LogP contribution in [0, 0.1) is 0 Å². The summed E-state index contributed by atoms with van der Waals surface area (Å²) in [4.78, 5) is 26.4. The highest BCUT2D eigenvalue weighted by molar-refractivity contribution is 6.62. The Kier molecular flexibility index (Phi) is 3.43. The van der Waals surface area contributed by atoms with Crippen LogP contribution in [0.15, 0.2) is 12.3 Å². The largest absolute Gasteiger partial charge is 0.515 e. The van der Waals surface area contributed by atoms with Gasteiger partial charge in [0, 0.05) is 11.8 Å². The minimum absolute atomic E-state index is 0.133. The zero-order valence-corrected chi connectivity index (χ0v) is 12.0. The summed E-state index contributed by atoms with van der Waals surface area (Å²) in [6.07, 6.45) is 1.97. The maximum atomic E-state index is 11.5. The van der Waals surface area contributed by atoms with Gasteiger partial charge in [-0.1, -0.05) is 0 Å². The number of nitrogens with two attached hydrogens (primary N) is 1. The summed E-state index contributed by atoms with van der Waals surface area (Å²) >= 11 is 0. The summed E-state index contributed by atoms with van der Waals surface area (Å²) in [6, 6.07) is 1.39. The van der Waals surface area contributed by atoms with Gasteiger partial charge in [0.25, 0.3) is 0 Å². The molecular formula is C13H17BN2O4. The molecule has 0 radical (unpaired) electrons. The van der Waals surface area contributed by atoms with E-state index in [1.54, 1.807) is 0 Å². The number of carbonyl (C=O) groups excluding carboxylic acids is 2. The Balaban J connectivity index is 2.44. The summed E-state index contributed by atoms with van der Waals surface area (Å²) in [6.45, 7) is 7.60. The lowest BCUT2D eigenvalue weighted by Gasteiger charge is -2.32. The van der Waals surface area contributed by atoms with Crippen molar-refractivity contribution >= 4 is 24.9 Å². The number of aldehydes is 1. The number of rotatable bonds is 3. The zero-order chi connectivity index (χ0) is 15.1. The van der Waals surface area contributed by atoms with Gasteiger partial charge in [-0.2, -0.15) is 0 Å². The highest BCUT2D eigenvalue weighted by atomic mass is 16.7. The van der Waals surface area contributed by atoms with Gasteiger partial charge in [-0.05, 0) is 33.8 Å². The first kappa shape index (κ1) is 14.7. The Morgan fingerprint density at radius 1 is 1.30 bits per heavy atom. The summed E-state index contributed by atoms with van der Waals surface area (Å²) in [7, 11) is -0.789. The predicted molar refractivity (Wildman–Crippen MR) is 73.9 cm³/mol. The average Bonchev–Trinajstić information content (AvgIpc) is 2.57. The molecule has 0 aromatic carbocycles. The molecule has 0 saturated carbocycles. The zero-order valence-electron chi connectivity index (χ0n) is 12.0. The van der Waals surface area contributed by atoms with Gasteiger partial charge in [0.05, 0.1) is 22.4 Å². The second-order valence-electron chi connectivity index (χ2n) is 5.77. The number of primary amides is 1. The molecule has 0 bridgehead atoms.